The van der Waals surface area contributed by atoms with Gasteiger partial charge in [-0.25, -0.2) is 0 Å². The van der Waals surface area contributed by atoms with Crippen LogP contribution in [0, 0.1) is 5.92 Å². The summed E-state index contributed by atoms with van der Waals surface area (Å²) in [6, 6.07) is 0.334. The van der Waals surface area contributed by atoms with Crippen molar-refractivity contribution < 1.29 is 9.90 Å². The van der Waals surface area contributed by atoms with Crippen LogP contribution in [0.15, 0.2) is 0 Å². The fourth-order valence-corrected chi connectivity index (χ4v) is 1.53. The molecule has 0 heterocycles. The molecule has 0 bridgehead atoms. The average molecular weight is 185 g/mol. The molecule has 0 radical (unpaired) electrons. The van der Waals surface area contributed by atoms with Crippen LogP contribution in [0.1, 0.15) is 40.0 Å². The average Bonchev–Trinajstić information content (AvgIpc) is 2.85. The molecule has 76 valence electrons. The van der Waals surface area contributed by atoms with Gasteiger partial charge in [-0.15, -0.1) is 0 Å². The fraction of sp³-hybridized carbons (Fsp3) is 0.900. The van der Waals surface area contributed by atoms with E-state index in [0.717, 1.165) is 0 Å². The van der Waals surface area contributed by atoms with Crippen molar-refractivity contribution in [2.45, 2.75) is 51.6 Å². The van der Waals surface area contributed by atoms with Crippen molar-refractivity contribution in [2.24, 2.45) is 5.92 Å². The first-order valence-electron chi connectivity index (χ1n) is 5.00. The number of carboxylic acids is 1. The second kappa shape index (κ2) is 3.66. The van der Waals surface area contributed by atoms with Crippen LogP contribution in [0.4, 0.5) is 0 Å². The van der Waals surface area contributed by atoms with Crippen LogP contribution in [0.3, 0.4) is 0 Å². The molecule has 2 atom stereocenters. The van der Waals surface area contributed by atoms with Gasteiger partial charge in [0.15, 0.2) is 0 Å². The van der Waals surface area contributed by atoms with Gasteiger partial charge < -0.3 is 5.11 Å². The summed E-state index contributed by atoms with van der Waals surface area (Å²) in [5.41, 5.74) is -0.748. The number of hydrogen-bond acceptors (Lipinski definition) is 2. The number of rotatable bonds is 5. The lowest BCUT2D eigenvalue weighted by molar-refractivity contribution is -0.144. The normalized spacial score (nSPS) is 23.6. The van der Waals surface area contributed by atoms with Gasteiger partial charge in [0.2, 0.25) is 0 Å². The maximum absolute atomic E-state index is 11.0. The van der Waals surface area contributed by atoms with E-state index in [1.807, 2.05) is 6.92 Å². The Balaban J connectivity index is 2.50. The quantitative estimate of drug-likeness (QED) is 0.684. The Bertz CT molecular complexity index is 201. The van der Waals surface area contributed by atoms with E-state index in [0.29, 0.717) is 18.4 Å². The molecule has 1 saturated carbocycles. The molecule has 0 amide bonds. The lowest BCUT2D eigenvalue weighted by Crippen LogP contribution is -2.53. The van der Waals surface area contributed by atoms with E-state index in [4.69, 9.17) is 5.11 Å². The SMILES string of the molecule is CCC(C)(NC(C)C1CC1)C(=O)O. The summed E-state index contributed by atoms with van der Waals surface area (Å²) in [5.74, 6) is -0.0484. The molecule has 2 unspecified atom stereocenters. The van der Waals surface area contributed by atoms with Gasteiger partial charge in [0.05, 0.1) is 0 Å². The topological polar surface area (TPSA) is 49.3 Å². The molecule has 13 heavy (non-hydrogen) atoms. The molecule has 0 aliphatic heterocycles. The Labute approximate surface area is 79.5 Å². The lowest BCUT2D eigenvalue weighted by atomic mass is 9.97. The van der Waals surface area contributed by atoms with Crippen molar-refractivity contribution in [2.75, 3.05) is 0 Å². The fourth-order valence-electron chi connectivity index (χ4n) is 1.53. The van der Waals surface area contributed by atoms with Gasteiger partial charge in [-0.2, -0.15) is 0 Å². The second-order valence-corrected chi connectivity index (χ2v) is 4.26. The minimum absolute atomic E-state index is 0.334. The molecule has 0 spiro atoms. The predicted molar refractivity (Wildman–Crippen MR) is 51.7 cm³/mol. The summed E-state index contributed by atoms with van der Waals surface area (Å²) in [6.07, 6.45) is 3.11. The highest BCUT2D eigenvalue weighted by atomic mass is 16.4. The summed E-state index contributed by atoms with van der Waals surface area (Å²) in [7, 11) is 0. The van der Waals surface area contributed by atoms with Crippen molar-refractivity contribution in [3.63, 3.8) is 0 Å². The van der Waals surface area contributed by atoms with Gasteiger partial charge >= 0.3 is 5.97 Å². The number of hydrogen-bond donors (Lipinski definition) is 2. The summed E-state index contributed by atoms with van der Waals surface area (Å²) in [4.78, 5) is 11.0. The molecule has 0 aromatic heterocycles. The van der Waals surface area contributed by atoms with Crippen molar-refractivity contribution in [3.05, 3.63) is 0 Å². The highest BCUT2D eigenvalue weighted by Crippen LogP contribution is 2.33. The molecular formula is C10H19NO2. The van der Waals surface area contributed by atoms with Crippen molar-refractivity contribution in [1.29, 1.82) is 0 Å². The van der Waals surface area contributed by atoms with E-state index in [1.54, 1.807) is 6.92 Å². The van der Waals surface area contributed by atoms with Crippen LogP contribution >= 0.6 is 0 Å². The molecule has 1 rings (SSSR count). The highest BCUT2D eigenvalue weighted by molar-refractivity contribution is 5.78. The van der Waals surface area contributed by atoms with Gasteiger partial charge in [0.25, 0.3) is 0 Å². The van der Waals surface area contributed by atoms with Crippen LogP contribution in [-0.4, -0.2) is 22.7 Å². The van der Waals surface area contributed by atoms with Crippen molar-refractivity contribution in [3.8, 4) is 0 Å². The van der Waals surface area contributed by atoms with Crippen LogP contribution in [0.5, 0.6) is 0 Å². The summed E-state index contributed by atoms with van der Waals surface area (Å²) < 4.78 is 0. The number of aliphatic carboxylic acids is 1. The van der Waals surface area contributed by atoms with Gasteiger partial charge in [0.1, 0.15) is 5.54 Å². The monoisotopic (exact) mass is 185 g/mol. The van der Waals surface area contributed by atoms with E-state index in [2.05, 4.69) is 12.2 Å². The summed E-state index contributed by atoms with van der Waals surface area (Å²) >= 11 is 0. The molecular weight excluding hydrogens is 166 g/mol. The zero-order chi connectivity index (χ0) is 10.1. The number of carboxylic acid groups (broad SMARTS) is 1. The summed E-state index contributed by atoms with van der Waals surface area (Å²) in [6.45, 7) is 5.74. The van der Waals surface area contributed by atoms with E-state index >= 15 is 0 Å². The Morgan fingerprint density at radius 2 is 2.23 bits per heavy atom. The van der Waals surface area contributed by atoms with Gasteiger partial charge in [-0.05, 0) is 39.0 Å². The molecule has 1 aliphatic carbocycles. The Morgan fingerprint density at radius 3 is 2.54 bits per heavy atom. The van der Waals surface area contributed by atoms with E-state index in [9.17, 15) is 4.79 Å². The molecule has 0 aromatic rings. The van der Waals surface area contributed by atoms with Crippen LogP contribution in [0.2, 0.25) is 0 Å². The minimum atomic E-state index is -0.748. The Hall–Kier alpha value is -0.570. The third-order valence-corrected chi connectivity index (χ3v) is 3.05. The smallest absolute Gasteiger partial charge is 0.323 e. The van der Waals surface area contributed by atoms with Crippen molar-refractivity contribution in [1.82, 2.24) is 5.32 Å². The maximum atomic E-state index is 11.0. The van der Waals surface area contributed by atoms with Crippen molar-refractivity contribution >= 4 is 5.97 Å². The first kappa shape index (κ1) is 10.5. The zero-order valence-electron chi connectivity index (χ0n) is 8.63. The third kappa shape index (κ3) is 2.44. The number of carbonyl (C=O) groups is 1. The third-order valence-electron chi connectivity index (χ3n) is 3.05. The molecule has 1 fully saturated rings. The molecule has 2 N–H and O–H groups in total. The standard InChI is InChI=1S/C10H19NO2/c1-4-10(3,9(12)13)11-7(2)8-5-6-8/h7-8,11H,4-6H2,1-3H3,(H,12,13). The first-order valence-corrected chi connectivity index (χ1v) is 5.00. The largest absolute Gasteiger partial charge is 0.480 e. The molecule has 3 nitrogen and oxygen atoms in total. The van der Waals surface area contributed by atoms with E-state index in [1.165, 1.54) is 12.8 Å². The zero-order valence-corrected chi connectivity index (χ0v) is 8.63. The second-order valence-electron chi connectivity index (χ2n) is 4.26. The van der Waals surface area contributed by atoms with Gasteiger partial charge in [-0.1, -0.05) is 6.92 Å². The van der Waals surface area contributed by atoms with E-state index < -0.39 is 11.5 Å². The maximum Gasteiger partial charge on any atom is 0.323 e. The Morgan fingerprint density at radius 1 is 1.69 bits per heavy atom. The van der Waals surface area contributed by atoms with Crippen LogP contribution in [-0.2, 0) is 4.79 Å². The number of nitrogens with one attached hydrogen (secondary N) is 1. The Kier molecular flexibility index (Phi) is 2.96. The van der Waals surface area contributed by atoms with E-state index in [-0.39, 0.29) is 0 Å². The molecule has 0 saturated heterocycles. The van der Waals surface area contributed by atoms with Gasteiger partial charge in [0, 0.05) is 6.04 Å². The first-order chi connectivity index (χ1) is 5.99. The summed E-state index contributed by atoms with van der Waals surface area (Å²) in [5, 5.41) is 12.2. The van der Waals surface area contributed by atoms with Crippen LogP contribution in [0.25, 0.3) is 0 Å². The molecule has 0 aromatic carbocycles. The van der Waals surface area contributed by atoms with Crippen LogP contribution < -0.4 is 5.32 Å². The highest BCUT2D eigenvalue weighted by Gasteiger charge is 2.37. The molecule has 1 aliphatic rings. The predicted octanol–water partition coefficient (Wildman–Crippen LogP) is 1.63. The minimum Gasteiger partial charge on any atom is -0.480 e. The van der Waals surface area contributed by atoms with Gasteiger partial charge in [-0.3, -0.25) is 10.1 Å². The molecule has 3 heteroatoms. The lowest BCUT2D eigenvalue weighted by Gasteiger charge is -2.28.